The van der Waals surface area contributed by atoms with E-state index >= 15 is 0 Å². The molecule has 0 saturated carbocycles. The molecule has 1 rings (SSSR count). The van der Waals surface area contributed by atoms with E-state index in [1.807, 2.05) is 0 Å². The lowest BCUT2D eigenvalue weighted by Crippen LogP contribution is -2.30. The Bertz CT molecular complexity index is 335. The van der Waals surface area contributed by atoms with Gasteiger partial charge in [-0.15, -0.1) is 0 Å². The molecule has 2 nitrogen and oxygen atoms in total. The summed E-state index contributed by atoms with van der Waals surface area (Å²) in [5.74, 6) is -0.149. The Labute approximate surface area is 89.5 Å². The SMILES string of the molecule is CC(O)(c1ccc(OC(F)F)cc1)C(F)F. The highest BCUT2D eigenvalue weighted by molar-refractivity contribution is 5.30. The number of hydrogen-bond acceptors (Lipinski definition) is 2. The molecule has 0 spiro atoms. The Hall–Kier alpha value is -1.30. The summed E-state index contributed by atoms with van der Waals surface area (Å²) >= 11 is 0. The molecule has 0 radical (unpaired) electrons. The Morgan fingerprint density at radius 3 is 2.00 bits per heavy atom. The normalized spacial score (nSPS) is 15.2. The van der Waals surface area contributed by atoms with Gasteiger partial charge in [-0.25, -0.2) is 8.78 Å². The first-order chi connectivity index (χ1) is 7.34. The standard InChI is InChI=1S/C10H10F4O2/c1-10(15,8(11)12)6-2-4-7(5-3-6)16-9(13)14/h2-5,8-9,15H,1H3. The number of hydrogen-bond donors (Lipinski definition) is 1. The molecule has 0 aliphatic heterocycles. The highest BCUT2D eigenvalue weighted by Gasteiger charge is 2.34. The van der Waals surface area contributed by atoms with Crippen LogP contribution in [0.25, 0.3) is 0 Å². The van der Waals surface area contributed by atoms with Crippen LogP contribution in [0.3, 0.4) is 0 Å². The number of alkyl halides is 4. The number of halogens is 4. The van der Waals surface area contributed by atoms with E-state index in [1.54, 1.807) is 0 Å². The predicted octanol–water partition coefficient (Wildman–Crippen LogP) is 2.76. The summed E-state index contributed by atoms with van der Waals surface area (Å²) in [5.41, 5.74) is -2.37. The smallest absolute Gasteiger partial charge is 0.387 e. The molecule has 1 aromatic carbocycles. The first-order valence-electron chi connectivity index (χ1n) is 4.40. The molecule has 1 unspecified atom stereocenters. The zero-order chi connectivity index (χ0) is 12.3. The molecule has 16 heavy (non-hydrogen) atoms. The minimum atomic E-state index is -2.97. The zero-order valence-electron chi connectivity index (χ0n) is 8.33. The molecule has 0 heterocycles. The minimum absolute atomic E-state index is 0.0656. The zero-order valence-corrected chi connectivity index (χ0v) is 8.33. The van der Waals surface area contributed by atoms with Crippen LogP contribution in [0.1, 0.15) is 12.5 Å². The maximum atomic E-state index is 12.4. The van der Waals surface area contributed by atoms with Crippen molar-refractivity contribution in [3.8, 4) is 5.75 Å². The fourth-order valence-corrected chi connectivity index (χ4v) is 1.10. The van der Waals surface area contributed by atoms with Crippen molar-refractivity contribution in [1.82, 2.24) is 0 Å². The van der Waals surface area contributed by atoms with Crippen molar-refractivity contribution in [3.63, 3.8) is 0 Å². The minimum Gasteiger partial charge on any atom is -0.435 e. The van der Waals surface area contributed by atoms with Gasteiger partial charge in [0.1, 0.15) is 11.4 Å². The van der Waals surface area contributed by atoms with Crippen molar-refractivity contribution in [2.45, 2.75) is 25.6 Å². The molecule has 1 N–H and O–H groups in total. The van der Waals surface area contributed by atoms with Crippen LogP contribution in [0.5, 0.6) is 5.75 Å². The fourth-order valence-electron chi connectivity index (χ4n) is 1.10. The quantitative estimate of drug-likeness (QED) is 0.817. The summed E-state index contributed by atoms with van der Waals surface area (Å²) in [5, 5.41) is 9.40. The number of rotatable bonds is 4. The van der Waals surface area contributed by atoms with Gasteiger partial charge in [0.15, 0.2) is 0 Å². The number of aliphatic hydroxyl groups is 1. The second kappa shape index (κ2) is 4.69. The summed E-state index contributed by atoms with van der Waals surface area (Å²) in [6, 6.07) is 4.42. The van der Waals surface area contributed by atoms with Gasteiger partial charge in [0.2, 0.25) is 0 Å². The largest absolute Gasteiger partial charge is 0.435 e. The molecule has 1 atom stereocenters. The number of benzene rings is 1. The van der Waals surface area contributed by atoms with Crippen LogP contribution in [-0.2, 0) is 5.60 Å². The predicted molar refractivity (Wildman–Crippen MR) is 48.6 cm³/mol. The van der Waals surface area contributed by atoms with Gasteiger partial charge in [-0.3, -0.25) is 0 Å². The third-order valence-corrected chi connectivity index (χ3v) is 2.09. The van der Waals surface area contributed by atoms with E-state index in [4.69, 9.17) is 0 Å². The molecule has 0 saturated heterocycles. The van der Waals surface area contributed by atoms with Gasteiger partial charge in [-0.1, -0.05) is 12.1 Å². The molecule has 0 aliphatic rings. The summed E-state index contributed by atoms with van der Waals surface area (Å²) in [6.45, 7) is -2.03. The van der Waals surface area contributed by atoms with Crippen LogP contribution >= 0.6 is 0 Å². The van der Waals surface area contributed by atoms with Crippen LogP contribution in [0.15, 0.2) is 24.3 Å². The average molecular weight is 238 g/mol. The molecular weight excluding hydrogens is 228 g/mol. The van der Waals surface area contributed by atoms with Crippen LogP contribution in [-0.4, -0.2) is 18.1 Å². The summed E-state index contributed by atoms with van der Waals surface area (Å²) < 4.78 is 52.4. The molecule has 90 valence electrons. The molecule has 0 bridgehead atoms. The van der Waals surface area contributed by atoms with Gasteiger partial charge in [0, 0.05) is 0 Å². The molecule has 6 heteroatoms. The van der Waals surface area contributed by atoms with Crippen molar-refractivity contribution in [2.24, 2.45) is 0 Å². The monoisotopic (exact) mass is 238 g/mol. The van der Waals surface area contributed by atoms with Gasteiger partial charge in [-0.05, 0) is 24.6 Å². The molecule has 0 aromatic heterocycles. The van der Waals surface area contributed by atoms with E-state index in [2.05, 4.69) is 4.74 Å². The molecule has 1 aromatic rings. The Balaban J connectivity index is 2.86. The van der Waals surface area contributed by atoms with E-state index in [0.717, 1.165) is 31.2 Å². The Kier molecular flexibility index (Phi) is 3.74. The molecule has 0 amide bonds. The van der Waals surface area contributed by atoms with Gasteiger partial charge in [-0.2, -0.15) is 8.78 Å². The van der Waals surface area contributed by atoms with Crippen LogP contribution in [0, 0.1) is 0 Å². The first-order valence-corrected chi connectivity index (χ1v) is 4.40. The van der Waals surface area contributed by atoms with E-state index in [0.29, 0.717) is 0 Å². The maximum absolute atomic E-state index is 12.4. The molecular formula is C10H10F4O2. The second-order valence-corrected chi connectivity index (χ2v) is 3.35. The van der Waals surface area contributed by atoms with Crippen LogP contribution in [0.4, 0.5) is 17.6 Å². The summed E-state index contributed by atoms with van der Waals surface area (Å²) in [6.07, 6.45) is -2.96. The van der Waals surface area contributed by atoms with Crippen LogP contribution in [0.2, 0.25) is 0 Å². The summed E-state index contributed by atoms with van der Waals surface area (Å²) in [4.78, 5) is 0. The fraction of sp³-hybridized carbons (Fsp3) is 0.400. The van der Waals surface area contributed by atoms with Gasteiger partial charge >= 0.3 is 6.61 Å². The van der Waals surface area contributed by atoms with Gasteiger partial charge in [0.05, 0.1) is 0 Å². The first kappa shape index (κ1) is 12.8. The van der Waals surface area contributed by atoms with Gasteiger partial charge < -0.3 is 9.84 Å². The number of ether oxygens (including phenoxy) is 1. The average Bonchev–Trinajstić information content (AvgIpc) is 2.17. The van der Waals surface area contributed by atoms with Crippen LogP contribution < -0.4 is 4.74 Å². The lowest BCUT2D eigenvalue weighted by atomic mass is 9.97. The maximum Gasteiger partial charge on any atom is 0.387 e. The van der Waals surface area contributed by atoms with Crippen molar-refractivity contribution < 1.29 is 27.4 Å². The van der Waals surface area contributed by atoms with Crippen molar-refractivity contribution in [3.05, 3.63) is 29.8 Å². The van der Waals surface area contributed by atoms with Crippen molar-refractivity contribution in [1.29, 1.82) is 0 Å². The van der Waals surface area contributed by atoms with E-state index in [-0.39, 0.29) is 11.3 Å². The Morgan fingerprint density at radius 2 is 1.62 bits per heavy atom. The highest BCUT2D eigenvalue weighted by atomic mass is 19.3. The third-order valence-electron chi connectivity index (χ3n) is 2.09. The highest BCUT2D eigenvalue weighted by Crippen LogP contribution is 2.29. The van der Waals surface area contributed by atoms with Crippen molar-refractivity contribution in [2.75, 3.05) is 0 Å². The Morgan fingerprint density at radius 1 is 1.12 bits per heavy atom. The second-order valence-electron chi connectivity index (χ2n) is 3.35. The molecule has 0 aliphatic carbocycles. The topological polar surface area (TPSA) is 29.5 Å². The lowest BCUT2D eigenvalue weighted by Gasteiger charge is -2.22. The third kappa shape index (κ3) is 2.85. The van der Waals surface area contributed by atoms with E-state index < -0.39 is 18.6 Å². The van der Waals surface area contributed by atoms with E-state index in [9.17, 15) is 22.7 Å². The summed E-state index contributed by atoms with van der Waals surface area (Å²) in [7, 11) is 0. The molecule has 0 fully saturated rings. The van der Waals surface area contributed by atoms with Gasteiger partial charge in [0.25, 0.3) is 6.43 Å². The van der Waals surface area contributed by atoms with Crippen molar-refractivity contribution >= 4 is 0 Å². The lowest BCUT2D eigenvalue weighted by molar-refractivity contribution is -0.0884. The van der Waals surface area contributed by atoms with E-state index in [1.165, 1.54) is 0 Å².